The molecule has 0 radical (unpaired) electrons. The SMILES string of the molecule is CCC(C(=O)NN)N(CC(N)=O)CC(N)=O. The minimum atomic E-state index is -0.704. The Balaban J connectivity index is 4.74. The highest BCUT2D eigenvalue weighted by molar-refractivity contribution is 5.84. The number of amides is 3. The number of hydrogen-bond acceptors (Lipinski definition) is 5. The van der Waals surface area contributed by atoms with Crippen molar-refractivity contribution in [1.29, 1.82) is 0 Å². The van der Waals surface area contributed by atoms with E-state index < -0.39 is 23.8 Å². The van der Waals surface area contributed by atoms with Gasteiger partial charge in [-0.3, -0.25) is 24.7 Å². The fraction of sp³-hybridized carbons (Fsp3) is 0.625. The molecule has 1 unspecified atom stereocenters. The van der Waals surface area contributed by atoms with Crippen molar-refractivity contribution in [1.82, 2.24) is 10.3 Å². The fourth-order valence-corrected chi connectivity index (χ4v) is 1.38. The molecule has 0 fully saturated rings. The van der Waals surface area contributed by atoms with Crippen LogP contribution in [-0.4, -0.2) is 41.8 Å². The van der Waals surface area contributed by atoms with E-state index in [0.29, 0.717) is 6.42 Å². The summed E-state index contributed by atoms with van der Waals surface area (Å²) in [5.74, 6) is 3.20. The van der Waals surface area contributed by atoms with E-state index in [1.165, 1.54) is 4.90 Å². The smallest absolute Gasteiger partial charge is 0.251 e. The van der Waals surface area contributed by atoms with Crippen molar-refractivity contribution >= 4 is 17.7 Å². The zero-order valence-corrected chi connectivity index (χ0v) is 9.10. The molecule has 0 aliphatic heterocycles. The number of hydrazine groups is 1. The van der Waals surface area contributed by atoms with E-state index in [0.717, 1.165) is 0 Å². The third kappa shape index (κ3) is 4.71. The molecule has 0 spiro atoms. The molecule has 8 nitrogen and oxygen atoms in total. The van der Waals surface area contributed by atoms with Gasteiger partial charge in [0.15, 0.2) is 0 Å². The Hall–Kier alpha value is -1.67. The van der Waals surface area contributed by atoms with Gasteiger partial charge in [-0.05, 0) is 6.42 Å². The van der Waals surface area contributed by atoms with Crippen LogP contribution in [0.4, 0.5) is 0 Å². The monoisotopic (exact) mass is 231 g/mol. The molecule has 0 aromatic carbocycles. The maximum absolute atomic E-state index is 11.4. The molecule has 1 atom stereocenters. The molecular weight excluding hydrogens is 214 g/mol. The average molecular weight is 231 g/mol. The maximum atomic E-state index is 11.4. The number of hydrogen-bond donors (Lipinski definition) is 4. The van der Waals surface area contributed by atoms with E-state index in [2.05, 4.69) is 0 Å². The van der Waals surface area contributed by atoms with Gasteiger partial charge in [0.05, 0.1) is 19.1 Å². The molecule has 0 heterocycles. The lowest BCUT2D eigenvalue weighted by atomic mass is 10.1. The highest BCUT2D eigenvalue weighted by Gasteiger charge is 2.25. The Labute approximate surface area is 93.1 Å². The Kier molecular flexibility index (Phi) is 6.04. The lowest BCUT2D eigenvalue weighted by Gasteiger charge is -2.26. The zero-order chi connectivity index (χ0) is 12.7. The molecule has 16 heavy (non-hydrogen) atoms. The first kappa shape index (κ1) is 14.3. The topological polar surface area (TPSA) is 145 Å². The van der Waals surface area contributed by atoms with Crippen molar-refractivity contribution in [3.63, 3.8) is 0 Å². The minimum Gasteiger partial charge on any atom is -0.369 e. The van der Waals surface area contributed by atoms with Gasteiger partial charge in [-0.15, -0.1) is 0 Å². The quantitative estimate of drug-likeness (QED) is 0.210. The molecule has 0 aromatic rings. The summed E-state index contributed by atoms with van der Waals surface area (Å²) in [7, 11) is 0. The molecule has 0 aliphatic carbocycles. The lowest BCUT2D eigenvalue weighted by Crippen LogP contribution is -2.53. The van der Waals surface area contributed by atoms with Crippen molar-refractivity contribution in [2.75, 3.05) is 13.1 Å². The van der Waals surface area contributed by atoms with Crippen LogP contribution in [0.2, 0.25) is 0 Å². The number of carbonyl (C=O) groups excluding carboxylic acids is 3. The number of nitrogens with two attached hydrogens (primary N) is 3. The van der Waals surface area contributed by atoms with Crippen LogP contribution < -0.4 is 22.7 Å². The van der Waals surface area contributed by atoms with E-state index >= 15 is 0 Å². The maximum Gasteiger partial charge on any atom is 0.251 e. The number of primary amides is 2. The van der Waals surface area contributed by atoms with Gasteiger partial charge in [-0.25, -0.2) is 5.84 Å². The van der Waals surface area contributed by atoms with E-state index in [1.807, 2.05) is 5.43 Å². The van der Waals surface area contributed by atoms with Crippen LogP contribution in [0, 0.1) is 0 Å². The van der Waals surface area contributed by atoms with Gasteiger partial charge in [0, 0.05) is 0 Å². The molecular formula is C8H17N5O3. The van der Waals surface area contributed by atoms with Gasteiger partial charge in [0.1, 0.15) is 0 Å². The van der Waals surface area contributed by atoms with Gasteiger partial charge in [-0.2, -0.15) is 0 Å². The van der Waals surface area contributed by atoms with Crippen LogP contribution in [0.5, 0.6) is 0 Å². The first-order valence-corrected chi connectivity index (χ1v) is 4.73. The molecule has 0 saturated carbocycles. The van der Waals surface area contributed by atoms with Crippen LogP contribution in [0.25, 0.3) is 0 Å². The van der Waals surface area contributed by atoms with E-state index in [9.17, 15) is 14.4 Å². The van der Waals surface area contributed by atoms with Crippen molar-refractivity contribution in [2.45, 2.75) is 19.4 Å². The molecule has 92 valence electrons. The van der Waals surface area contributed by atoms with E-state index in [-0.39, 0.29) is 13.1 Å². The fourth-order valence-electron chi connectivity index (χ4n) is 1.38. The standard InChI is InChI=1S/C8H17N5O3/c1-2-5(8(16)12-11)13(3-6(9)14)4-7(10)15/h5H,2-4,11H2,1H3,(H2,9,14)(H2,10,15)(H,12,16). The Morgan fingerprint density at radius 3 is 1.88 bits per heavy atom. The summed E-state index contributed by atoms with van der Waals surface area (Å²) in [4.78, 5) is 34.2. The highest BCUT2D eigenvalue weighted by Crippen LogP contribution is 2.03. The number of rotatable bonds is 7. The van der Waals surface area contributed by atoms with Crippen molar-refractivity contribution < 1.29 is 14.4 Å². The summed E-state index contributed by atoms with van der Waals surface area (Å²) in [5, 5.41) is 0. The molecule has 0 rings (SSSR count). The first-order chi connectivity index (χ1) is 7.42. The Morgan fingerprint density at radius 2 is 1.62 bits per heavy atom. The van der Waals surface area contributed by atoms with Crippen molar-refractivity contribution in [2.24, 2.45) is 17.3 Å². The summed E-state index contributed by atoms with van der Waals surface area (Å²) in [5.41, 5.74) is 12.0. The van der Waals surface area contributed by atoms with Gasteiger partial charge < -0.3 is 11.5 Å². The molecule has 8 heteroatoms. The number of carbonyl (C=O) groups is 3. The van der Waals surface area contributed by atoms with Crippen LogP contribution in [0.3, 0.4) is 0 Å². The molecule has 7 N–H and O–H groups in total. The zero-order valence-electron chi connectivity index (χ0n) is 9.10. The second-order valence-electron chi connectivity index (χ2n) is 3.27. The summed E-state index contributed by atoms with van der Waals surface area (Å²) < 4.78 is 0. The minimum absolute atomic E-state index is 0.227. The average Bonchev–Trinajstić information content (AvgIpc) is 2.16. The normalized spacial score (nSPS) is 12.2. The van der Waals surface area contributed by atoms with Crippen LogP contribution in [-0.2, 0) is 14.4 Å². The van der Waals surface area contributed by atoms with E-state index in [4.69, 9.17) is 17.3 Å². The number of nitrogens with zero attached hydrogens (tertiary/aromatic N) is 1. The summed E-state index contributed by atoms with van der Waals surface area (Å²) in [6.07, 6.45) is 0.379. The molecule has 0 saturated heterocycles. The van der Waals surface area contributed by atoms with Crippen molar-refractivity contribution in [3.8, 4) is 0 Å². The molecule has 0 aromatic heterocycles. The summed E-state index contributed by atoms with van der Waals surface area (Å²) in [6.45, 7) is 1.26. The van der Waals surface area contributed by atoms with Gasteiger partial charge in [0.2, 0.25) is 11.8 Å². The molecule has 0 bridgehead atoms. The van der Waals surface area contributed by atoms with E-state index in [1.54, 1.807) is 6.92 Å². The highest BCUT2D eigenvalue weighted by atomic mass is 16.2. The lowest BCUT2D eigenvalue weighted by molar-refractivity contribution is -0.130. The first-order valence-electron chi connectivity index (χ1n) is 4.73. The van der Waals surface area contributed by atoms with Crippen LogP contribution in [0.1, 0.15) is 13.3 Å². The van der Waals surface area contributed by atoms with Gasteiger partial charge in [0.25, 0.3) is 5.91 Å². The van der Waals surface area contributed by atoms with Crippen LogP contribution in [0.15, 0.2) is 0 Å². The van der Waals surface area contributed by atoms with Crippen LogP contribution >= 0.6 is 0 Å². The largest absolute Gasteiger partial charge is 0.369 e. The van der Waals surface area contributed by atoms with Crippen molar-refractivity contribution in [3.05, 3.63) is 0 Å². The predicted octanol–water partition coefficient (Wildman–Crippen LogP) is -2.97. The second-order valence-corrected chi connectivity index (χ2v) is 3.27. The Bertz CT molecular complexity index is 265. The van der Waals surface area contributed by atoms with Gasteiger partial charge >= 0.3 is 0 Å². The third-order valence-electron chi connectivity index (χ3n) is 1.99. The van der Waals surface area contributed by atoms with Gasteiger partial charge in [-0.1, -0.05) is 6.92 Å². The Morgan fingerprint density at radius 1 is 1.19 bits per heavy atom. The number of nitrogens with one attached hydrogen (secondary N) is 1. The third-order valence-corrected chi connectivity index (χ3v) is 1.99. The summed E-state index contributed by atoms with van der Waals surface area (Å²) >= 11 is 0. The second kappa shape index (κ2) is 6.75. The summed E-state index contributed by atoms with van der Waals surface area (Å²) in [6, 6.07) is -0.704. The predicted molar refractivity (Wildman–Crippen MR) is 56.4 cm³/mol. The molecule has 0 aliphatic rings. The molecule has 3 amide bonds.